The van der Waals surface area contributed by atoms with Crippen molar-refractivity contribution >= 4 is 23.1 Å². The van der Waals surface area contributed by atoms with E-state index in [0.29, 0.717) is 17.3 Å². The number of hydrogen-bond acceptors (Lipinski definition) is 5. The number of anilines is 4. The van der Waals surface area contributed by atoms with Gasteiger partial charge in [-0.05, 0) is 37.1 Å². The van der Waals surface area contributed by atoms with Gasteiger partial charge in [-0.2, -0.15) is 10.2 Å². The molecule has 0 atom stereocenters. The van der Waals surface area contributed by atoms with Crippen LogP contribution in [-0.2, 0) is 6.42 Å². The van der Waals surface area contributed by atoms with E-state index in [4.69, 9.17) is 0 Å². The lowest BCUT2D eigenvalue weighted by molar-refractivity contribution is 1.09. The van der Waals surface area contributed by atoms with Gasteiger partial charge in [-0.1, -0.05) is 37.3 Å². The van der Waals surface area contributed by atoms with E-state index in [1.54, 1.807) is 6.07 Å². The Bertz CT molecular complexity index is 927. The maximum absolute atomic E-state index is 9.22. The standard InChI is InChI=1S/C20H19N5/c1-3-15-8-4-6-10-17(15)24-20-22-14(2)12-19(25-20)23-18-11-7-5-9-16(18)13-21/h4-12H,3H2,1-2H3,(H2,22,23,24,25). The van der Waals surface area contributed by atoms with E-state index in [1.165, 1.54) is 5.56 Å². The summed E-state index contributed by atoms with van der Waals surface area (Å²) in [4.78, 5) is 8.99. The van der Waals surface area contributed by atoms with Crippen LogP contribution in [0.4, 0.5) is 23.1 Å². The molecule has 2 aromatic carbocycles. The quantitative estimate of drug-likeness (QED) is 0.709. The van der Waals surface area contributed by atoms with Crippen molar-refractivity contribution in [1.82, 2.24) is 9.97 Å². The lowest BCUT2D eigenvalue weighted by atomic mass is 10.1. The van der Waals surface area contributed by atoms with Crippen LogP contribution in [0.5, 0.6) is 0 Å². The van der Waals surface area contributed by atoms with Gasteiger partial charge in [0.25, 0.3) is 0 Å². The van der Waals surface area contributed by atoms with Crippen LogP contribution in [0.3, 0.4) is 0 Å². The van der Waals surface area contributed by atoms with E-state index >= 15 is 0 Å². The molecule has 0 amide bonds. The fraction of sp³-hybridized carbons (Fsp3) is 0.150. The average Bonchev–Trinajstić information content (AvgIpc) is 2.62. The van der Waals surface area contributed by atoms with E-state index in [9.17, 15) is 5.26 Å². The first-order valence-electron chi connectivity index (χ1n) is 8.16. The second-order valence-electron chi connectivity index (χ2n) is 5.64. The van der Waals surface area contributed by atoms with Crippen LogP contribution in [0.15, 0.2) is 54.6 Å². The van der Waals surface area contributed by atoms with Gasteiger partial charge in [-0.25, -0.2) is 4.98 Å². The molecule has 124 valence electrons. The fourth-order valence-corrected chi connectivity index (χ4v) is 2.59. The molecule has 5 heteroatoms. The molecule has 25 heavy (non-hydrogen) atoms. The van der Waals surface area contributed by atoms with Crippen molar-refractivity contribution in [3.63, 3.8) is 0 Å². The minimum Gasteiger partial charge on any atom is -0.339 e. The van der Waals surface area contributed by atoms with Gasteiger partial charge in [0.15, 0.2) is 0 Å². The number of aryl methyl sites for hydroxylation is 2. The summed E-state index contributed by atoms with van der Waals surface area (Å²) in [5.74, 6) is 1.17. The summed E-state index contributed by atoms with van der Waals surface area (Å²) in [7, 11) is 0. The van der Waals surface area contributed by atoms with Crippen molar-refractivity contribution in [3.05, 3.63) is 71.4 Å². The molecule has 0 saturated heterocycles. The Kier molecular flexibility index (Phi) is 4.91. The third-order valence-corrected chi connectivity index (χ3v) is 3.81. The van der Waals surface area contributed by atoms with Crippen LogP contribution >= 0.6 is 0 Å². The van der Waals surface area contributed by atoms with Crippen molar-refractivity contribution in [1.29, 1.82) is 5.26 Å². The van der Waals surface area contributed by atoms with Gasteiger partial charge in [0.1, 0.15) is 11.9 Å². The van der Waals surface area contributed by atoms with Crippen molar-refractivity contribution in [3.8, 4) is 6.07 Å². The molecule has 3 aromatic rings. The molecule has 0 fully saturated rings. The largest absolute Gasteiger partial charge is 0.339 e. The highest BCUT2D eigenvalue weighted by atomic mass is 15.1. The lowest BCUT2D eigenvalue weighted by Crippen LogP contribution is -2.04. The van der Waals surface area contributed by atoms with Gasteiger partial charge in [-0.15, -0.1) is 0 Å². The van der Waals surface area contributed by atoms with Gasteiger partial charge >= 0.3 is 0 Å². The molecule has 0 spiro atoms. The van der Waals surface area contributed by atoms with Gasteiger partial charge in [0.2, 0.25) is 5.95 Å². The number of nitrogens with zero attached hydrogens (tertiary/aromatic N) is 3. The van der Waals surface area contributed by atoms with Crippen molar-refractivity contribution in [2.24, 2.45) is 0 Å². The Hall–Kier alpha value is -3.39. The van der Waals surface area contributed by atoms with E-state index in [0.717, 1.165) is 23.5 Å². The van der Waals surface area contributed by atoms with E-state index in [1.807, 2.05) is 49.4 Å². The molecule has 1 heterocycles. The average molecular weight is 329 g/mol. The summed E-state index contributed by atoms with van der Waals surface area (Å²) in [5.41, 5.74) is 4.34. The number of hydrogen-bond donors (Lipinski definition) is 2. The van der Waals surface area contributed by atoms with E-state index in [2.05, 4.69) is 39.7 Å². The normalized spacial score (nSPS) is 10.1. The summed E-state index contributed by atoms with van der Waals surface area (Å²) in [6, 6.07) is 19.5. The van der Waals surface area contributed by atoms with Crippen molar-refractivity contribution in [2.75, 3.05) is 10.6 Å². The van der Waals surface area contributed by atoms with Crippen molar-refractivity contribution in [2.45, 2.75) is 20.3 Å². The molecule has 0 aliphatic heterocycles. The number of nitriles is 1. The highest BCUT2D eigenvalue weighted by Gasteiger charge is 2.07. The second kappa shape index (κ2) is 7.45. The zero-order valence-electron chi connectivity index (χ0n) is 14.2. The molecular formula is C20H19N5. The Morgan fingerprint density at radius 1 is 0.960 bits per heavy atom. The Morgan fingerprint density at radius 3 is 2.44 bits per heavy atom. The summed E-state index contributed by atoms with van der Waals surface area (Å²) in [6.45, 7) is 4.03. The monoisotopic (exact) mass is 329 g/mol. The Balaban J connectivity index is 1.89. The Morgan fingerprint density at radius 2 is 1.68 bits per heavy atom. The van der Waals surface area contributed by atoms with Crippen LogP contribution in [-0.4, -0.2) is 9.97 Å². The number of rotatable bonds is 5. The molecule has 0 aliphatic rings. The van der Waals surface area contributed by atoms with Crippen LogP contribution in [0.1, 0.15) is 23.7 Å². The van der Waals surface area contributed by atoms with Crippen LogP contribution in [0.25, 0.3) is 0 Å². The summed E-state index contributed by atoms with van der Waals surface area (Å²) < 4.78 is 0. The molecule has 0 saturated carbocycles. The van der Waals surface area contributed by atoms with Crippen LogP contribution in [0, 0.1) is 18.3 Å². The maximum Gasteiger partial charge on any atom is 0.229 e. The molecule has 0 bridgehead atoms. The van der Waals surface area contributed by atoms with Gasteiger partial charge < -0.3 is 10.6 Å². The highest BCUT2D eigenvalue weighted by molar-refractivity contribution is 5.66. The second-order valence-corrected chi connectivity index (χ2v) is 5.64. The molecule has 3 rings (SSSR count). The first kappa shape index (κ1) is 16.5. The highest BCUT2D eigenvalue weighted by Crippen LogP contribution is 2.23. The Labute approximate surface area is 147 Å². The molecule has 0 unspecified atom stereocenters. The fourth-order valence-electron chi connectivity index (χ4n) is 2.59. The minimum absolute atomic E-state index is 0.526. The van der Waals surface area contributed by atoms with Gasteiger partial charge in [0.05, 0.1) is 11.3 Å². The minimum atomic E-state index is 0.526. The molecular weight excluding hydrogens is 310 g/mol. The first-order chi connectivity index (χ1) is 12.2. The zero-order valence-corrected chi connectivity index (χ0v) is 14.2. The predicted molar refractivity (Wildman–Crippen MR) is 100 cm³/mol. The topological polar surface area (TPSA) is 73.6 Å². The van der Waals surface area contributed by atoms with Crippen molar-refractivity contribution < 1.29 is 0 Å². The summed E-state index contributed by atoms with van der Waals surface area (Å²) >= 11 is 0. The molecule has 5 nitrogen and oxygen atoms in total. The predicted octanol–water partition coefficient (Wildman–Crippen LogP) is 4.71. The molecule has 2 N–H and O–H groups in total. The van der Waals surface area contributed by atoms with E-state index in [-0.39, 0.29) is 0 Å². The van der Waals surface area contributed by atoms with E-state index < -0.39 is 0 Å². The maximum atomic E-state index is 9.22. The molecule has 1 aromatic heterocycles. The number of nitrogens with one attached hydrogen (secondary N) is 2. The third-order valence-electron chi connectivity index (χ3n) is 3.81. The lowest BCUT2D eigenvalue weighted by Gasteiger charge is -2.12. The SMILES string of the molecule is CCc1ccccc1Nc1nc(C)cc(Nc2ccccc2C#N)n1. The number of aromatic nitrogens is 2. The number of benzene rings is 2. The molecule has 0 radical (unpaired) electrons. The third kappa shape index (κ3) is 3.93. The first-order valence-corrected chi connectivity index (χ1v) is 8.16. The van der Waals surface area contributed by atoms with Crippen LogP contribution in [0.2, 0.25) is 0 Å². The van der Waals surface area contributed by atoms with Gasteiger partial charge in [-0.3, -0.25) is 0 Å². The zero-order chi connectivity index (χ0) is 17.6. The van der Waals surface area contributed by atoms with Gasteiger partial charge in [0, 0.05) is 17.4 Å². The smallest absolute Gasteiger partial charge is 0.229 e. The number of para-hydroxylation sites is 2. The van der Waals surface area contributed by atoms with Crippen LogP contribution < -0.4 is 10.6 Å². The summed E-state index contributed by atoms with van der Waals surface area (Å²) in [6.07, 6.45) is 0.926. The summed E-state index contributed by atoms with van der Waals surface area (Å²) in [5, 5.41) is 15.7. The molecule has 0 aliphatic carbocycles.